The van der Waals surface area contributed by atoms with Gasteiger partial charge in [0.25, 0.3) is 0 Å². The summed E-state index contributed by atoms with van der Waals surface area (Å²) in [6, 6.07) is 0. The highest BCUT2D eigenvalue weighted by atomic mass is 16.3. The highest BCUT2D eigenvalue weighted by Crippen LogP contribution is 2.62. The average molecular weight is 310 g/mol. The van der Waals surface area contributed by atoms with E-state index in [0.717, 1.165) is 25.7 Å². The minimum Gasteiger partial charge on any atom is -0.395 e. The van der Waals surface area contributed by atoms with Gasteiger partial charge in [-0.2, -0.15) is 0 Å². The summed E-state index contributed by atoms with van der Waals surface area (Å²) in [7, 11) is 0. The number of allylic oxidation sites excluding steroid dienone is 3. The zero-order chi connectivity index (χ0) is 16.2. The van der Waals surface area contributed by atoms with Crippen LogP contribution in [0.3, 0.4) is 0 Å². The lowest BCUT2D eigenvalue weighted by Gasteiger charge is -2.56. The molecule has 6 atom stereocenters. The largest absolute Gasteiger partial charge is 0.395 e. The molecule has 4 unspecified atom stereocenters. The fourth-order valence-corrected chi connectivity index (χ4v) is 6.37. The van der Waals surface area contributed by atoms with Crippen molar-refractivity contribution in [3.63, 3.8) is 0 Å². The van der Waals surface area contributed by atoms with E-state index in [1.54, 1.807) is 0 Å². The number of carbonyl (C=O) groups is 1. The standard InChI is InChI=1S/C21H26O2/c1-3-14-4-6-18-17-7-5-15-11-16(23)8-9-21(15,12-22)19(17)10-13(2)20(14)18/h1,4-5,13,17-20,22H,6-12H2,2H3/t13-,17?,18?,19?,20?,21-/m1/s1. The number of terminal acetylenes is 1. The first-order valence-corrected chi connectivity index (χ1v) is 9.09. The lowest BCUT2D eigenvalue weighted by atomic mass is 9.48. The molecule has 0 aromatic carbocycles. The molecule has 0 spiro atoms. The maximum Gasteiger partial charge on any atom is 0.136 e. The van der Waals surface area contributed by atoms with Gasteiger partial charge in [-0.3, -0.25) is 4.79 Å². The molecule has 0 heterocycles. The molecule has 0 aromatic heterocycles. The van der Waals surface area contributed by atoms with Crippen LogP contribution in [0.4, 0.5) is 0 Å². The van der Waals surface area contributed by atoms with Crippen molar-refractivity contribution in [3.8, 4) is 12.3 Å². The molecule has 2 heteroatoms. The molecule has 2 nitrogen and oxygen atoms in total. The van der Waals surface area contributed by atoms with Crippen LogP contribution in [-0.4, -0.2) is 17.5 Å². The Balaban J connectivity index is 1.72. The van der Waals surface area contributed by atoms with Crippen molar-refractivity contribution in [3.05, 3.63) is 23.3 Å². The van der Waals surface area contributed by atoms with Crippen LogP contribution in [0.5, 0.6) is 0 Å². The van der Waals surface area contributed by atoms with Crippen molar-refractivity contribution in [2.24, 2.45) is 35.0 Å². The number of rotatable bonds is 1. The van der Waals surface area contributed by atoms with E-state index in [1.807, 2.05) is 0 Å². The summed E-state index contributed by atoms with van der Waals surface area (Å²) in [4.78, 5) is 11.9. The minimum atomic E-state index is -0.130. The molecule has 2 fully saturated rings. The first-order valence-electron chi connectivity index (χ1n) is 9.09. The van der Waals surface area contributed by atoms with Gasteiger partial charge in [-0.05, 0) is 55.3 Å². The molecule has 0 saturated heterocycles. The molecule has 1 N–H and O–H groups in total. The van der Waals surface area contributed by atoms with Gasteiger partial charge in [-0.15, -0.1) is 6.42 Å². The summed E-state index contributed by atoms with van der Waals surface area (Å²) in [5.74, 6) is 6.15. The van der Waals surface area contributed by atoms with E-state index < -0.39 is 0 Å². The predicted molar refractivity (Wildman–Crippen MR) is 90.4 cm³/mol. The molecule has 23 heavy (non-hydrogen) atoms. The Bertz CT molecular complexity index is 635. The Morgan fingerprint density at radius 3 is 2.87 bits per heavy atom. The lowest BCUT2D eigenvalue weighted by Crippen LogP contribution is -2.51. The molecular weight excluding hydrogens is 284 g/mol. The van der Waals surface area contributed by atoms with Gasteiger partial charge in [-0.25, -0.2) is 0 Å². The fraction of sp³-hybridized carbons (Fsp3) is 0.667. The number of hydrogen-bond acceptors (Lipinski definition) is 2. The third kappa shape index (κ3) is 2.02. The van der Waals surface area contributed by atoms with Gasteiger partial charge >= 0.3 is 0 Å². The molecule has 0 amide bonds. The maximum absolute atomic E-state index is 11.9. The second kappa shape index (κ2) is 5.35. The molecule has 122 valence electrons. The van der Waals surface area contributed by atoms with Crippen molar-refractivity contribution in [1.29, 1.82) is 0 Å². The van der Waals surface area contributed by atoms with Gasteiger partial charge in [-0.1, -0.05) is 30.6 Å². The van der Waals surface area contributed by atoms with E-state index >= 15 is 0 Å². The van der Waals surface area contributed by atoms with Gasteiger partial charge in [0.05, 0.1) is 6.61 Å². The smallest absolute Gasteiger partial charge is 0.136 e. The Morgan fingerprint density at radius 1 is 1.35 bits per heavy atom. The fourth-order valence-electron chi connectivity index (χ4n) is 6.37. The van der Waals surface area contributed by atoms with E-state index in [4.69, 9.17) is 6.42 Å². The quantitative estimate of drug-likeness (QED) is 0.594. The van der Waals surface area contributed by atoms with Gasteiger partial charge in [0.15, 0.2) is 0 Å². The molecule has 0 aromatic rings. The van der Waals surface area contributed by atoms with E-state index in [-0.39, 0.29) is 12.0 Å². The normalized spacial score (nSPS) is 45.3. The molecular formula is C21H26O2. The number of aliphatic hydroxyl groups excluding tert-OH is 1. The highest BCUT2D eigenvalue weighted by molar-refractivity contribution is 5.82. The van der Waals surface area contributed by atoms with Crippen LogP contribution in [-0.2, 0) is 4.79 Å². The van der Waals surface area contributed by atoms with E-state index in [9.17, 15) is 9.90 Å². The average Bonchev–Trinajstić information content (AvgIpc) is 2.99. The SMILES string of the molecule is C#CC1=CCC2C3CC=C4CC(=O)CC[C@]4(CO)C3C[C@@H](C)C12. The first-order chi connectivity index (χ1) is 11.1. The van der Waals surface area contributed by atoms with E-state index in [2.05, 4.69) is 25.0 Å². The molecule has 2 saturated carbocycles. The van der Waals surface area contributed by atoms with Crippen molar-refractivity contribution in [2.75, 3.05) is 6.61 Å². The molecule has 4 aliphatic carbocycles. The second-order valence-corrected chi connectivity index (χ2v) is 8.21. The maximum atomic E-state index is 11.9. The van der Waals surface area contributed by atoms with Gasteiger partial charge in [0, 0.05) is 23.8 Å². The van der Waals surface area contributed by atoms with Crippen LogP contribution >= 0.6 is 0 Å². The van der Waals surface area contributed by atoms with Crippen LogP contribution in [0.2, 0.25) is 0 Å². The number of fused-ring (bicyclic) bond motifs is 5. The molecule has 0 radical (unpaired) electrons. The topological polar surface area (TPSA) is 37.3 Å². The molecule has 4 aliphatic rings. The van der Waals surface area contributed by atoms with Crippen molar-refractivity contribution < 1.29 is 9.90 Å². The monoisotopic (exact) mass is 310 g/mol. The van der Waals surface area contributed by atoms with Gasteiger partial charge in [0.2, 0.25) is 0 Å². The summed E-state index contributed by atoms with van der Waals surface area (Å²) in [5.41, 5.74) is 2.33. The van der Waals surface area contributed by atoms with E-state index in [1.165, 1.54) is 11.1 Å². The number of hydrogen-bond donors (Lipinski definition) is 1. The third-order valence-corrected chi connectivity index (χ3v) is 7.41. The molecule has 4 rings (SSSR count). The van der Waals surface area contributed by atoms with Crippen LogP contribution in [0.1, 0.15) is 45.4 Å². The Morgan fingerprint density at radius 2 is 2.13 bits per heavy atom. The molecule has 0 aliphatic heterocycles. The minimum absolute atomic E-state index is 0.130. The highest BCUT2D eigenvalue weighted by Gasteiger charge is 2.56. The zero-order valence-electron chi connectivity index (χ0n) is 13.9. The Kier molecular flexibility index (Phi) is 3.54. The Labute approximate surface area is 139 Å². The lowest BCUT2D eigenvalue weighted by molar-refractivity contribution is -0.123. The first kappa shape index (κ1) is 15.2. The second-order valence-electron chi connectivity index (χ2n) is 8.21. The Hall–Kier alpha value is -1.33. The summed E-state index contributed by atoms with van der Waals surface area (Å²) in [6.07, 6.45) is 15.7. The van der Waals surface area contributed by atoms with Crippen molar-refractivity contribution >= 4 is 5.78 Å². The summed E-state index contributed by atoms with van der Waals surface area (Å²) < 4.78 is 0. The number of ketones is 1. The number of carbonyl (C=O) groups excluding carboxylic acids is 1. The van der Waals surface area contributed by atoms with Gasteiger partial charge in [0.1, 0.15) is 5.78 Å². The van der Waals surface area contributed by atoms with Crippen LogP contribution in [0.25, 0.3) is 0 Å². The molecule has 0 bridgehead atoms. The number of Topliss-reactive ketones (excluding diaryl/α,β-unsaturated/α-hetero) is 1. The third-order valence-electron chi connectivity index (χ3n) is 7.41. The summed E-state index contributed by atoms with van der Waals surface area (Å²) in [6.45, 7) is 2.54. The van der Waals surface area contributed by atoms with Gasteiger partial charge < -0.3 is 5.11 Å². The van der Waals surface area contributed by atoms with E-state index in [0.29, 0.717) is 48.2 Å². The van der Waals surface area contributed by atoms with Crippen LogP contribution in [0, 0.1) is 47.3 Å². The van der Waals surface area contributed by atoms with Crippen LogP contribution < -0.4 is 0 Å². The number of aliphatic hydroxyl groups is 1. The summed E-state index contributed by atoms with van der Waals surface area (Å²) in [5, 5.41) is 10.3. The van der Waals surface area contributed by atoms with Crippen molar-refractivity contribution in [1.82, 2.24) is 0 Å². The van der Waals surface area contributed by atoms with Crippen molar-refractivity contribution in [2.45, 2.75) is 45.4 Å². The van der Waals surface area contributed by atoms with Crippen LogP contribution in [0.15, 0.2) is 23.3 Å². The zero-order valence-corrected chi connectivity index (χ0v) is 13.9. The summed E-state index contributed by atoms with van der Waals surface area (Å²) >= 11 is 0. The predicted octanol–water partition coefficient (Wildman–Crippen LogP) is 3.52.